The Labute approximate surface area is 122 Å². The van der Waals surface area contributed by atoms with E-state index < -0.39 is 11.4 Å². The van der Waals surface area contributed by atoms with Crippen LogP contribution < -0.4 is 5.32 Å². The lowest BCUT2D eigenvalue weighted by atomic mass is 9.76. The third-order valence-electron chi connectivity index (χ3n) is 4.23. The molecule has 5 nitrogen and oxygen atoms in total. The lowest BCUT2D eigenvalue weighted by Gasteiger charge is -2.38. The summed E-state index contributed by atoms with van der Waals surface area (Å²) in [5.74, 6) is -1.15. The molecule has 0 bridgehead atoms. The summed E-state index contributed by atoms with van der Waals surface area (Å²) < 4.78 is 12.8. The van der Waals surface area contributed by atoms with Crippen LogP contribution in [0.1, 0.15) is 26.2 Å². The van der Waals surface area contributed by atoms with E-state index >= 15 is 0 Å². The van der Waals surface area contributed by atoms with Gasteiger partial charge in [-0.15, -0.1) is 0 Å². The van der Waals surface area contributed by atoms with Crippen molar-refractivity contribution >= 4 is 17.7 Å². The fourth-order valence-electron chi connectivity index (χ4n) is 2.59. The summed E-state index contributed by atoms with van der Waals surface area (Å²) in [7, 11) is 0. The zero-order valence-electron chi connectivity index (χ0n) is 11.9. The first-order chi connectivity index (χ1) is 9.97. The van der Waals surface area contributed by atoms with Gasteiger partial charge in [0, 0.05) is 18.8 Å². The van der Waals surface area contributed by atoms with E-state index in [4.69, 9.17) is 0 Å². The molecule has 0 aromatic heterocycles. The summed E-state index contributed by atoms with van der Waals surface area (Å²) in [4.78, 5) is 25.0. The predicted octanol–water partition coefficient (Wildman–Crippen LogP) is 2.93. The molecule has 2 N–H and O–H groups in total. The fourth-order valence-corrected chi connectivity index (χ4v) is 2.59. The highest BCUT2D eigenvalue weighted by Gasteiger charge is 2.40. The van der Waals surface area contributed by atoms with Gasteiger partial charge in [-0.1, -0.05) is 6.92 Å². The molecule has 2 rings (SSSR count). The normalized spacial score (nSPS) is 17.3. The van der Waals surface area contributed by atoms with Crippen molar-refractivity contribution in [1.29, 1.82) is 0 Å². The molecule has 0 unspecified atom stereocenters. The number of piperidine rings is 1. The summed E-state index contributed by atoms with van der Waals surface area (Å²) in [6.45, 7) is 2.68. The molecule has 1 aromatic rings. The van der Waals surface area contributed by atoms with E-state index in [9.17, 15) is 19.1 Å². The molecule has 6 heteroatoms. The maximum atomic E-state index is 12.8. The molecule has 0 radical (unpaired) electrons. The molecule has 114 valence electrons. The average Bonchev–Trinajstić information content (AvgIpc) is 2.49. The van der Waals surface area contributed by atoms with E-state index in [2.05, 4.69) is 5.32 Å². The second-order valence-electron chi connectivity index (χ2n) is 5.36. The SMILES string of the molecule is CCC1(C(=O)O)CCN(C(=O)Nc2ccc(F)cc2)CC1. The fraction of sp³-hybridized carbons (Fsp3) is 0.467. The van der Waals surface area contributed by atoms with Crippen LogP contribution in [-0.2, 0) is 4.79 Å². The Balaban J connectivity index is 1.94. The Bertz CT molecular complexity index is 522. The number of carboxylic acid groups (broad SMARTS) is 1. The molecular weight excluding hydrogens is 275 g/mol. The summed E-state index contributed by atoms with van der Waals surface area (Å²) in [5, 5.41) is 12.0. The third kappa shape index (κ3) is 3.32. The van der Waals surface area contributed by atoms with Gasteiger partial charge in [-0.3, -0.25) is 4.79 Å². The van der Waals surface area contributed by atoms with Crippen LogP contribution in [0.2, 0.25) is 0 Å². The Kier molecular flexibility index (Phi) is 4.45. The third-order valence-corrected chi connectivity index (χ3v) is 4.23. The van der Waals surface area contributed by atoms with Crippen molar-refractivity contribution in [2.24, 2.45) is 5.41 Å². The number of likely N-dealkylation sites (tertiary alicyclic amines) is 1. The van der Waals surface area contributed by atoms with E-state index in [1.165, 1.54) is 24.3 Å². The standard InChI is InChI=1S/C15H19FN2O3/c1-2-15(13(19)20)7-9-18(10-8-15)14(21)17-12-5-3-11(16)4-6-12/h3-6H,2,7-10H2,1H3,(H,17,21)(H,19,20). The molecule has 0 aliphatic carbocycles. The number of carbonyl (C=O) groups is 2. The molecule has 0 saturated carbocycles. The van der Waals surface area contributed by atoms with Crippen LogP contribution in [0.4, 0.5) is 14.9 Å². The number of benzene rings is 1. The number of halogens is 1. The van der Waals surface area contributed by atoms with Gasteiger partial charge >= 0.3 is 12.0 Å². The Morgan fingerprint density at radius 1 is 1.29 bits per heavy atom. The first-order valence-corrected chi connectivity index (χ1v) is 7.02. The van der Waals surface area contributed by atoms with Gasteiger partial charge in [-0.25, -0.2) is 9.18 Å². The summed E-state index contributed by atoms with van der Waals surface area (Å²) >= 11 is 0. The van der Waals surface area contributed by atoms with Crippen LogP contribution in [0, 0.1) is 11.2 Å². The van der Waals surface area contributed by atoms with Crippen LogP contribution in [0.25, 0.3) is 0 Å². The van der Waals surface area contributed by atoms with Crippen molar-refractivity contribution in [3.8, 4) is 0 Å². The second-order valence-corrected chi connectivity index (χ2v) is 5.36. The zero-order chi connectivity index (χ0) is 15.5. The topological polar surface area (TPSA) is 69.6 Å². The Morgan fingerprint density at radius 3 is 2.33 bits per heavy atom. The monoisotopic (exact) mass is 294 g/mol. The molecule has 1 aliphatic rings. The number of nitrogens with zero attached hydrogens (tertiary/aromatic N) is 1. The molecular formula is C15H19FN2O3. The minimum Gasteiger partial charge on any atom is -0.481 e. The maximum absolute atomic E-state index is 12.8. The minimum atomic E-state index is -0.788. The van der Waals surface area contributed by atoms with E-state index in [0.717, 1.165) is 0 Å². The summed E-state index contributed by atoms with van der Waals surface area (Å²) in [6, 6.07) is 5.25. The van der Waals surface area contributed by atoms with E-state index in [0.29, 0.717) is 38.0 Å². The molecule has 2 amide bonds. The van der Waals surface area contributed by atoms with Gasteiger partial charge < -0.3 is 15.3 Å². The highest BCUT2D eigenvalue weighted by atomic mass is 19.1. The quantitative estimate of drug-likeness (QED) is 0.900. The number of urea groups is 1. The van der Waals surface area contributed by atoms with Gasteiger partial charge in [0.2, 0.25) is 0 Å². The van der Waals surface area contributed by atoms with Gasteiger partial charge in [0.05, 0.1) is 5.41 Å². The van der Waals surface area contributed by atoms with Gasteiger partial charge in [0.15, 0.2) is 0 Å². The van der Waals surface area contributed by atoms with E-state index in [-0.39, 0.29) is 11.8 Å². The van der Waals surface area contributed by atoms with E-state index in [1.54, 1.807) is 4.90 Å². The number of rotatable bonds is 3. The summed E-state index contributed by atoms with van der Waals surface area (Å²) in [5.41, 5.74) is -0.195. The largest absolute Gasteiger partial charge is 0.481 e. The smallest absolute Gasteiger partial charge is 0.321 e. The molecule has 1 aromatic carbocycles. The van der Waals surface area contributed by atoms with Crippen LogP contribution in [0.5, 0.6) is 0 Å². The zero-order valence-corrected chi connectivity index (χ0v) is 11.9. The lowest BCUT2D eigenvalue weighted by Crippen LogP contribution is -2.47. The molecule has 1 fully saturated rings. The number of carbonyl (C=O) groups excluding carboxylic acids is 1. The Morgan fingerprint density at radius 2 is 1.86 bits per heavy atom. The van der Waals surface area contributed by atoms with Gasteiger partial charge in [-0.2, -0.15) is 0 Å². The lowest BCUT2D eigenvalue weighted by molar-refractivity contribution is -0.151. The number of anilines is 1. The number of amides is 2. The van der Waals surface area contributed by atoms with Crippen molar-refractivity contribution in [2.75, 3.05) is 18.4 Å². The Hall–Kier alpha value is -2.11. The molecule has 0 atom stereocenters. The average molecular weight is 294 g/mol. The van der Waals surface area contributed by atoms with Gasteiger partial charge in [-0.05, 0) is 43.5 Å². The van der Waals surface area contributed by atoms with Crippen LogP contribution in [0.3, 0.4) is 0 Å². The molecule has 1 aliphatic heterocycles. The maximum Gasteiger partial charge on any atom is 0.321 e. The number of hydrogen-bond donors (Lipinski definition) is 2. The van der Waals surface area contributed by atoms with Crippen molar-refractivity contribution in [1.82, 2.24) is 4.90 Å². The van der Waals surface area contributed by atoms with Crippen LogP contribution >= 0.6 is 0 Å². The summed E-state index contributed by atoms with van der Waals surface area (Å²) in [6.07, 6.45) is 1.47. The first-order valence-electron chi connectivity index (χ1n) is 7.02. The molecule has 0 spiro atoms. The number of carboxylic acids is 1. The molecule has 1 saturated heterocycles. The first kappa shape index (κ1) is 15.3. The van der Waals surface area contributed by atoms with Crippen molar-refractivity contribution in [2.45, 2.75) is 26.2 Å². The van der Waals surface area contributed by atoms with E-state index in [1.807, 2.05) is 6.92 Å². The van der Waals surface area contributed by atoms with Crippen molar-refractivity contribution in [3.63, 3.8) is 0 Å². The molecule has 21 heavy (non-hydrogen) atoms. The molecule has 1 heterocycles. The number of aliphatic carboxylic acids is 1. The minimum absolute atomic E-state index is 0.281. The van der Waals surface area contributed by atoms with Gasteiger partial charge in [0.1, 0.15) is 5.82 Å². The van der Waals surface area contributed by atoms with Crippen LogP contribution in [-0.4, -0.2) is 35.1 Å². The van der Waals surface area contributed by atoms with Gasteiger partial charge in [0.25, 0.3) is 0 Å². The van der Waals surface area contributed by atoms with Crippen molar-refractivity contribution < 1.29 is 19.1 Å². The highest BCUT2D eigenvalue weighted by molar-refractivity contribution is 5.89. The second kappa shape index (κ2) is 6.11. The van der Waals surface area contributed by atoms with Crippen molar-refractivity contribution in [3.05, 3.63) is 30.1 Å². The highest BCUT2D eigenvalue weighted by Crippen LogP contribution is 2.35. The predicted molar refractivity (Wildman–Crippen MR) is 76.6 cm³/mol. The van der Waals surface area contributed by atoms with Crippen LogP contribution in [0.15, 0.2) is 24.3 Å². The number of hydrogen-bond acceptors (Lipinski definition) is 2. The number of nitrogens with one attached hydrogen (secondary N) is 1.